The molecule has 1 aromatic carbocycles. The summed E-state index contributed by atoms with van der Waals surface area (Å²) in [6.07, 6.45) is 1.87. The zero-order valence-corrected chi connectivity index (χ0v) is 11.3. The molecular weight excluding hydrogens is 292 g/mol. The first kappa shape index (κ1) is 11.2. The van der Waals surface area contributed by atoms with Gasteiger partial charge in [-0.25, -0.2) is 9.97 Å². The summed E-state index contributed by atoms with van der Waals surface area (Å²) in [6, 6.07) is 9.95. The average molecular weight is 303 g/mol. The maximum atomic E-state index is 4.44. The minimum atomic E-state index is 0.738. The molecule has 2 N–H and O–H groups in total. The van der Waals surface area contributed by atoms with Gasteiger partial charge in [-0.1, -0.05) is 22.0 Å². The van der Waals surface area contributed by atoms with E-state index in [4.69, 9.17) is 0 Å². The zero-order valence-electron chi connectivity index (χ0n) is 9.74. The highest BCUT2D eigenvalue weighted by molar-refractivity contribution is 9.10. The van der Waals surface area contributed by atoms with Crippen LogP contribution in [0.4, 0.5) is 11.5 Å². The lowest BCUT2D eigenvalue weighted by Crippen LogP contribution is -1.98. The summed E-state index contributed by atoms with van der Waals surface area (Å²) in [6.45, 7) is 1.88. The van der Waals surface area contributed by atoms with Gasteiger partial charge in [-0.3, -0.25) is 0 Å². The number of nitrogens with zero attached hydrogens (tertiary/aromatic N) is 2. The number of nitrogens with one attached hydrogen (secondary N) is 2. The van der Waals surface area contributed by atoms with Gasteiger partial charge in [0.2, 0.25) is 0 Å². The number of halogens is 1. The Balaban J connectivity index is 2.06. The first-order valence-corrected chi connectivity index (χ1v) is 6.36. The molecule has 3 rings (SSSR count). The summed E-state index contributed by atoms with van der Waals surface area (Å²) in [4.78, 5) is 11.9. The molecular formula is C13H11BrN4. The molecule has 0 bridgehead atoms. The third-order valence-electron chi connectivity index (χ3n) is 2.61. The van der Waals surface area contributed by atoms with E-state index in [9.17, 15) is 0 Å². The number of hydrogen-bond donors (Lipinski definition) is 2. The van der Waals surface area contributed by atoms with Crippen LogP contribution in [0.3, 0.4) is 0 Å². The maximum Gasteiger partial charge on any atom is 0.143 e. The Morgan fingerprint density at radius 2 is 2.11 bits per heavy atom. The number of benzene rings is 1. The molecule has 0 saturated heterocycles. The van der Waals surface area contributed by atoms with Gasteiger partial charge in [0.05, 0.1) is 5.39 Å². The summed E-state index contributed by atoms with van der Waals surface area (Å²) in [7, 11) is 0. The number of aromatic nitrogens is 3. The summed E-state index contributed by atoms with van der Waals surface area (Å²) < 4.78 is 1.03. The van der Waals surface area contributed by atoms with Crippen molar-refractivity contribution < 1.29 is 0 Å². The molecule has 90 valence electrons. The standard InChI is InChI=1S/C13H11BrN4/c1-8-16-12-11(5-6-15-12)13(17-8)18-10-4-2-3-9(14)7-10/h2-7H,1H3,(H2,15,16,17,18). The van der Waals surface area contributed by atoms with Gasteiger partial charge in [-0.2, -0.15) is 0 Å². The van der Waals surface area contributed by atoms with Crippen LogP contribution in [0.2, 0.25) is 0 Å². The highest BCUT2D eigenvalue weighted by Gasteiger charge is 2.06. The number of H-pyrrole nitrogens is 1. The number of aromatic amines is 1. The van der Waals surface area contributed by atoms with Gasteiger partial charge in [0, 0.05) is 16.4 Å². The van der Waals surface area contributed by atoms with Crippen LogP contribution in [0.5, 0.6) is 0 Å². The number of fused-ring (bicyclic) bond motifs is 1. The van der Waals surface area contributed by atoms with Crippen molar-refractivity contribution in [1.29, 1.82) is 0 Å². The first-order valence-electron chi connectivity index (χ1n) is 5.57. The van der Waals surface area contributed by atoms with Gasteiger partial charge in [-0.05, 0) is 31.2 Å². The second kappa shape index (κ2) is 4.42. The van der Waals surface area contributed by atoms with Crippen LogP contribution in [0.15, 0.2) is 41.0 Å². The van der Waals surface area contributed by atoms with E-state index in [0.717, 1.165) is 32.8 Å². The van der Waals surface area contributed by atoms with E-state index in [1.165, 1.54) is 0 Å². The van der Waals surface area contributed by atoms with E-state index in [1.807, 2.05) is 43.5 Å². The molecule has 0 atom stereocenters. The van der Waals surface area contributed by atoms with Crippen LogP contribution in [-0.4, -0.2) is 15.0 Å². The van der Waals surface area contributed by atoms with Gasteiger partial charge in [0.1, 0.15) is 17.3 Å². The smallest absolute Gasteiger partial charge is 0.143 e. The predicted octanol–water partition coefficient (Wildman–Crippen LogP) is 3.77. The number of rotatable bonds is 2. The monoisotopic (exact) mass is 302 g/mol. The Morgan fingerprint density at radius 1 is 1.22 bits per heavy atom. The molecule has 0 radical (unpaired) electrons. The van der Waals surface area contributed by atoms with Crippen molar-refractivity contribution in [2.24, 2.45) is 0 Å². The normalized spacial score (nSPS) is 10.8. The van der Waals surface area contributed by atoms with Crippen molar-refractivity contribution in [1.82, 2.24) is 15.0 Å². The molecule has 0 spiro atoms. The lowest BCUT2D eigenvalue weighted by atomic mass is 10.3. The van der Waals surface area contributed by atoms with E-state index < -0.39 is 0 Å². The van der Waals surface area contributed by atoms with Crippen LogP contribution in [0, 0.1) is 6.92 Å². The SMILES string of the molecule is Cc1nc(Nc2cccc(Br)c2)c2cc[nH]c2n1. The van der Waals surface area contributed by atoms with Crippen LogP contribution in [0.1, 0.15) is 5.82 Å². The lowest BCUT2D eigenvalue weighted by molar-refractivity contribution is 1.08. The second-order valence-electron chi connectivity index (χ2n) is 3.99. The van der Waals surface area contributed by atoms with Crippen LogP contribution in [-0.2, 0) is 0 Å². The summed E-state index contributed by atoms with van der Waals surface area (Å²) in [5.74, 6) is 1.55. The van der Waals surface area contributed by atoms with Crippen LogP contribution in [0.25, 0.3) is 11.0 Å². The lowest BCUT2D eigenvalue weighted by Gasteiger charge is -2.07. The molecule has 3 aromatic rings. The zero-order chi connectivity index (χ0) is 12.5. The fraction of sp³-hybridized carbons (Fsp3) is 0.0769. The quantitative estimate of drug-likeness (QED) is 0.757. The van der Waals surface area contributed by atoms with Crippen molar-refractivity contribution in [3.05, 3.63) is 46.8 Å². The van der Waals surface area contributed by atoms with Crippen molar-refractivity contribution >= 4 is 38.5 Å². The van der Waals surface area contributed by atoms with E-state index in [2.05, 4.69) is 36.2 Å². The van der Waals surface area contributed by atoms with Gasteiger partial charge >= 0.3 is 0 Å². The van der Waals surface area contributed by atoms with E-state index in [-0.39, 0.29) is 0 Å². The van der Waals surface area contributed by atoms with Gasteiger partial charge in [0.25, 0.3) is 0 Å². The Morgan fingerprint density at radius 3 is 2.94 bits per heavy atom. The Bertz CT molecular complexity index is 705. The summed E-state index contributed by atoms with van der Waals surface area (Å²) in [5.41, 5.74) is 1.84. The molecule has 0 amide bonds. The number of anilines is 2. The number of hydrogen-bond acceptors (Lipinski definition) is 3. The maximum absolute atomic E-state index is 4.44. The van der Waals surface area contributed by atoms with Gasteiger partial charge in [-0.15, -0.1) is 0 Å². The van der Waals surface area contributed by atoms with Gasteiger partial charge < -0.3 is 10.3 Å². The average Bonchev–Trinajstić information content (AvgIpc) is 2.77. The summed E-state index contributed by atoms with van der Waals surface area (Å²) >= 11 is 3.45. The largest absolute Gasteiger partial charge is 0.346 e. The molecule has 4 nitrogen and oxygen atoms in total. The molecule has 0 saturated carbocycles. The fourth-order valence-electron chi connectivity index (χ4n) is 1.85. The van der Waals surface area contributed by atoms with E-state index in [0.29, 0.717) is 0 Å². The molecule has 0 aliphatic heterocycles. The molecule has 5 heteroatoms. The predicted molar refractivity (Wildman–Crippen MR) is 76.1 cm³/mol. The van der Waals surface area contributed by atoms with E-state index >= 15 is 0 Å². The minimum absolute atomic E-state index is 0.738. The highest BCUT2D eigenvalue weighted by Crippen LogP contribution is 2.24. The van der Waals surface area contributed by atoms with Gasteiger partial charge in [0.15, 0.2) is 0 Å². The topological polar surface area (TPSA) is 53.6 Å². The van der Waals surface area contributed by atoms with Crippen molar-refractivity contribution in [2.45, 2.75) is 6.92 Å². The fourth-order valence-corrected chi connectivity index (χ4v) is 2.25. The van der Waals surface area contributed by atoms with E-state index in [1.54, 1.807) is 0 Å². The van der Waals surface area contributed by atoms with Crippen molar-refractivity contribution in [3.8, 4) is 0 Å². The van der Waals surface area contributed by atoms with Crippen molar-refractivity contribution in [2.75, 3.05) is 5.32 Å². The first-order chi connectivity index (χ1) is 8.72. The minimum Gasteiger partial charge on any atom is -0.346 e. The van der Waals surface area contributed by atoms with Crippen molar-refractivity contribution in [3.63, 3.8) is 0 Å². The highest BCUT2D eigenvalue weighted by atomic mass is 79.9. The molecule has 2 aromatic heterocycles. The molecule has 0 aliphatic rings. The molecule has 0 aliphatic carbocycles. The van der Waals surface area contributed by atoms with Crippen LogP contribution >= 0.6 is 15.9 Å². The summed E-state index contributed by atoms with van der Waals surface area (Å²) in [5, 5.41) is 4.30. The third-order valence-corrected chi connectivity index (χ3v) is 3.11. The Labute approximate surface area is 113 Å². The number of aryl methyl sites for hydroxylation is 1. The molecule has 2 heterocycles. The molecule has 18 heavy (non-hydrogen) atoms. The Kier molecular flexibility index (Phi) is 2.76. The second-order valence-corrected chi connectivity index (χ2v) is 4.91. The molecule has 0 unspecified atom stereocenters. The molecule has 0 fully saturated rings. The third kappa shape index (κ3) is 2.09. The van der Waals surface area contributed by atoms with Crippen LogP contribution < -0.4 is 5.32 Å². The Hall–Kier alpha value is -1.88.